The Morgan fingerprint density at radius 1 is 0.967 bits per heavy atom. The van der Waals surface area contributed by atoms with Crippen LogP contribution < -0.4 is 14.8 Å². The molecule has 0 aliphatic carbocycles. The van der Waals surface area contributed by atoms with Crippen molar-refractivity contribution in [2.45, 2.75) is 38.8 Å². The molecule has 0 heterocycles. The number of alkyl carbamates (subject to hydrolysis) is 1. The van der Waals surface area contributed by atoms with Gasteiger partial charge in [0.15, 0.2) is 0 Å². The lowest BCUT2D eigenvalue weighted by Gasteiger charge is -2.22. The first-order chi connectivity index (χ1) is 14.2. The van der Waals surface area contributed by atoms with Gasteiger partial charge >= 0.3 is 12.1 Å². The highest BCUT2D eigenvalue weighted by atomic mass is 16.6. The minimum Gasteiger partial charge on any atom is -0.497 e. The maximum atomic E-state index is 12.1. The van der Waals surface area contributed by atoms with Gasteiger partial charge in [-0.15, -0.1) is 0 Å². The van der Waals surface area contributed by atoms with Crippen LogP contribution in [-0.2, 0) is 20.7 Å². The summed E-state index contributed by atoms with van der Waals surface area (Å²) in [5.41, 5.74) is 2.01. The second kappa shape index (κ2) is 10.0. The number of methoxy groups -OCH3 is 3. The molecule has 0 saturated carbocycles. The van der Waals surface area contributed by atoms with E-state index in [1.165, 1.54) is 7.11 Å². The van der Waals surface area contributed by atoms with Gasteiger partial charge in [-0.1, -0.05) is 24.3 Å². The molecule has 0 aliphatic heterocycles. The van der Waals surface area contributed by atoms with Gasteiger partial charge < -0.3 is 24.3 Å². The molecule has 0 radical (unpaired) electrons. The predicted molar refractivity (Wildman–Crippen MR) is 114 cm³/mol. The molecule has 0 bridgehead atoms. The zero-order valence-corrected chi connectivity index (χ0v) is 18.3. The van der Waals surface area contributed by atoms with Crippen LogP contribution in [0.3, 0.4) is 0 Å². The van der Waals surface area contributed by atoms with Gasteiger partial charge in [0.25, 0.3) is 0 Å². The largest absolute Gasteiger partial charge is 0.497 e. The molecule has 0 unspecified atom stereocenters. The SMILES string of the molecule is COC(=O)[C@H](Cc1ccc(-c2cc(OC)ccc2OC)cc1)NC(=O)OC(C)(C)C. The Kier molecular flexibility index (Phi) is 7.69. The molecule has 1 N–H and O–H groups in total. The predicted octanol–water partition coefficient (Wildman–Crippen LogP) is 3.98. The number of nitrogens with one attached hydrogen (secondary N) is 1. The molecule has 1 amide bonds. The van der Waals surface area contributed by atoms with Crippen molar-refractivity contribution in [1.82, 2.24) is 5.32 Å². The molecule has 0 aliphatic rings. The van der Waals surface area contributed by atoms with Gasteiger partial charge in [-0.25, -0.2) is 9.59 Å². The number of carbonyl (C=O) groups is 2. The number of amides is 1. The molecule has 30 heavy (non-hydrogen) atoms. The van der Waals surface area contributed by atoms with E-state index in [9.17, 15) is 9.59 Å². The molecule has 7 nitrogen and oxygen atoms in total. The quantitative estimate of drug-likeness (QED) is 0.689. The van der Waals surface area contributed by atoms with Gasteiger partial charge in [0.1, 0.15) is 23.1 Å². The van der Waals surface area contributed by atoms with Crippen molar-refractivity contribution in [3.8, 4) is 22.6 Å². The Bertz CT molecular complexity index is 870. The van der Waals surface area contributed by atoms with E-state index in [4.69, 9.17) is 18.9 Å². The molecule has 2 aromatic carbocycles. The summed E-state index contributed by atoms with van der Waals surface area (Å²) in [5, 5.41) is 2.58. The van der Waals surface area contributed by atoms with Crippen molar-refractivity contribution in [3.05, 3.63) is 48.0 Å². The molecule has 0 fully saturated rings. The van der Waals surface area contributed by atoms with Crippen LogP contribution in [0.15, 0.2) is 42.5 Å². The third kappa shape index (κ3) is 6.40. The monoisotopic (exact) mass is 415 g/mol. The summed E-state index contributed by atoms with van der Waals surface area (Å²) in [6, 6.07) is 12.3. The van der Waals surface area contributed by atoms with Gasteiger partial charge in [-0.3, -0.25) is 0 Å². The van der Waals surface area contributed by atoms with E-state index in [2.05, 4.69) is 5.32 Å². The van der Waals surface area contributed by atoms with E-state index in [1.807, 2.05) is 42.5 Å². The Morgan fingerprint density at radius 3 is 2.17 bits per heavy atom. The third-order valence-electron chi connectivity index (χ3n) is 4.29. The molecule has 7 heteroatoms. The van der Waals surface area contributed by atoms with Crippen LogP contribution in [-0.4, -0.2) is 45.0 Å². The van der Waals surface area contributed by atoms with Crippen molar-refractivity contribution < 1.29 is 28.5 Å². The minimum absolute atomic E-state index is 0.265. The van der Waals surface area contributed by atoms with E-state index in [-0.39, 0.29) is 6.42 Å². The number of benzene rings is 2. The highest BCUT2D eigenvalue weighted by Crippen LogP contribution is 2.33. The summed E-state index contributed by atoms with van der Waals surface area (Å²) in [6.45, 7) is 5.27. The molecule has 162 valence electrons. The van der Waals surface area contributed by atoms with Crippen LogP contribution >= 0.6 is 0 Å². The third-order valence-corrected chi connectivity index (χ3v) is 4.29. The lowest BCUT2D eigenvalue weighted by molar-refractivity contribution is -0.143. The van der Waals surface area contributed by atoms with Crippen molar-refractivity contribution in [1.29, 1.82) is 0 Å². The standard InChI is InChI=1S/C23H29NO6/c1-23(2,3)30-22(26)24-19(21(25)29-6)13-15-7-9-16(10-8-15)18-14-17(27-4)11-12-20(18)28-5/h7-12,14,19H,13H2,1-6H3,(H,24,26)/t19-/m0/s1. The maximum absolute atomic E-state index is 12.1. The highest BCUT2D eigenvalue weighted by Gasteiger charge is 2.25. The van der Waals surface area contributed by atoms with Gasteiger partial charge in [0, 0.05) is 12.0 Å². The van der Waals surface area contributed by atoms with Gasteiger partial charge in [-0.2, -0.15) is 0 Å². The summed E-state index contributed by atoms with van der Waals surface area (Å²) in [4.78, 5) is 24.2. The number of carbonyl (C=O) groups excluding carboxylic acids is 2. The van der Waals surface area contributed by atoms with Crippen molar-refractivity contribution in [2.75, 3.05) is 21.3 Å². The molecule has 0 spiro atoms. The molecule has 2 rings (SSSR count). The zero-order chi connectivity index (χ0) is 22.3. The summed E-state index contributed by atoms with van der Waals surface area (Å²) in [5.74, 6) is 0.907. The average Bonchev–Trinajstić information content (AvgIpc) is 2.71. The van der Waals surface area contributed by atoms with Gasteiger partial charge in [0.05, 0.1) is 21.3 Å². The number of hydrogen-bond acceptors (Lipinski definition) is 6. The lowest BCUT2D eigenvalue weighted by atomic mass is 9.99. The lowest BCUT2D eigenvalue weighted by Crippen LogP contribution is -2.45. The fourth-order valence-corrected chi connectivity index (χ4v) is 2.88. The van der Waals surface area contributed by atoms with E-state index >= 15 is 0 Å². The smallest absolute Gasteiger partial charge is 0.408 e. The van der Waals surface area contributed by atoms with E-state index in [0.29, 0.717) is 0 Å². The molecule has 2 aromatic rings. The van der Waals surface area contributed by atoms with E-state index in [1.54, 1.807) is 35.0 Å². The zero-order valence-electron chi connectivity index (χ0n) is 18.3. The molecular weight excluding hydrogens is 386 g/mol. The normalized spacial score (nSPS) is 11.9. The van der Waals surface area contributed by atoms with Crippen molar-refractivity contribution in [2.24, 2.45) is 0 Å². The van der Waals surface area contributed by atoms with Crippen LogP contribution in [0.4, 0.5) is 4.79 Å². The van der Waals surface area contributed by atoms with Crippen molar-refractivity contribution in [3.63, 3.8) is 0 Å². The number of esters is 1. The van der Waals surface area contributed by atoms with Crippen LogP contribution in [0.2, 0.25) is 0 Å². The fraction of sp³-hybridized carbons (Fsp3) is 0.391. The fourth-order valence-electron chi connectivity index (χ4n) is 2.88. The van der Waals surface area contributed by atoms with Crippen LogP contribution in [0, 0.1) is 0 Å². The first-order valence-electron chi connectivity index (χ1n) is 9.55. The summed E-state index contributed by atoms with van der Waals surface area (Å²) < 4.78 is 20.8. The minimum atomic E-state index is -0.859. The summed E-state index contributed by atoms with van der Waals surface area (Å²) in [6.07, 6.45) is -0.405. The average molecular weight is 415 g/mol. The summed E-state index contributed by atoms with van der Waals surface area (Å²) in [7, 11) is 4.51. The van der Waals surface area contributed by atoms with Crippen LogP contribution in [0.1, 0.15) is 26.3 Å². The Morgan fingerprint density at radius 2 is 1.63 bits per heavy atom. The van der Waals surface area contributed by atoms with E-state index in [0.717, 1.165) is 28.2 Å². The molecule has 0 saturated heterocycles. The van der Waals surface area contributed by atoms with Crippen molar-refractivity contribution >= 4 is 12.1 Å². The molecule has 1 atom stereocenters. The number of hydrogen-bond donors (Lipinski definition) is 1. The number of rotatable bonds is 7. The Hall–Kier alpha value is -3.22. The number of ether oxygens (including phenoxy) is 4. The topological polar surface area (TPSA) is 83.1 Å². The maximum Gasteiger partial charge on any atom is 0.408 e. The van der Waals surface area contributed by atoms with E-state index < -0.39 is 23.7 Å². The summed E-state index contributed by atoms with van der Waals surface area (Å²) >= 11 is 0. The van der Waals surface area contributed by atoms with Gasteiger partial charge in [0.2, 0.25) is 0 Å². The first-order valence-corrected chi connectivity index (χ1v) is 9.55. The van der Waals surface area contributed by atoms with Crippen LogP contribution in [0.25, 0.3) is 11.1 Å². The second-order valence-electron chi connectivity index (χ2n) is 7.69. The Labute approximate surface area is 177 Å². The molecular formula is C23H29NO6. The second-order valence-corrected chi connectivity index (χ2v) is 7.69. The first kappa shape index (κ1) is 23.1. The highest BCUT2D eigenvalue weighted by molar-refractivity contribution is 5.81. The van der Waals surface area contributed by atoms with Crippen LogP contribution in [0.5, 0.6) is 11.5 Å². The molecule has 0 aromatic heterocycles. The Balaban J connectivity index is 2.19. The van der Waals surface area contributed by atoms with Gasteiger partial charge in [-0.05, 0) is 50.1 Å².